The molecule has 4 heteroatoms. The molecule has 0 saturated heterocycles. The van der Waals surface area contributed by atoms with Crippen molar-refractivity contribution in [1.82, 2.24) is 15.1 Å². The summed E-state index contributed by atoms with van der Waals surface area (Å²) in [5.74, 6) is -0.214. The summed E-state index contributed by atoms with van der Waals surface area (Å²) in [6.45, 7) is 6.71. The molecule has 1 N–H and O–H groups in total. The van der Waals surface area contributed by atoms with Crippen LogP contribution in [0.4, 0.5) is 4.39 Å². The van der Waals surface area contributed by atoms with Gasteiger partial charge in [-0.25, -0.2) is 4.39 Å². The van der Waals surface area contributed by atoms with Crippen molar-refractivity contribution in [1.29, 1.82) is 0 Å². The number of aromatic nitrogens is 2. The molecule has 1 aliphatic heterocycles. The molecule has 0 amide bonds. The number of hydrogen-bond acceptors (Lipinski definition) is 2. The van der Waals surface area contributed by atoms with Crippen LogP contribution in [0, 0.1) is 5.82 Å². The van der Waals surface area contributed by atoms with Crippen molar-refractivity contribution in [3.63, 3.8) is 0 Å². The highest BCUT2D eigenvalue weighted by Crippen LogP contribution is 2.20. The minimum absolute atomic E-state index is 0.214. The van der Waals surface area contributed by atoms with Crippen LogP contribution in [0.1, 0.15) is 19.5 Å². The third-order valence-corrected chi connectivity index (χ3v) is 2.81. The van der Waals surface area contributed by atoms with Crippen molar-refractivity contribution in [2.75, 3.05) is 6.54 Å². The molecule has 18 heavy (non-hydrogen) atoms. The van der Waals surface area contributed by atoms with Crippen LogP contribution in [0.25, 0.3) is 11.3 Å². The molecular weight excluding hydrogens is 229 g/mol. The van der Waals surface area contributed by atoms with Gasteiger partial charge in [-0.2, -0.15) is 5.10 Å². The maximum absolute atomic E-state index is 12.8. The lowest BCUT2D eigenvalue weighted by atomic mass is 10.1. The van der Waals surface area contributed by atoms with Gasteiger partial charge in [0.1, 0.15) is 5.82 Å². The van der Waals surface area contributed by atoms with Crippen molar-refractivity contribution in [2.24, 2.45) is 0 Å². The summed E-state index contributed by atoms with van der Waals surface area (Å²) in [7, 11) is 0. The van der Waals surface area contributed by atoms with E-state index >= 15 is 0 Å². The van der Waals surface area contributed by atoms with E-state index in [1.165, 1.54) is 17.8 Å². The first-order valence-electron chi connectivity index (χ1n) is 6.36. The summed E-state index contributed by atoms with van der Waals surface area (Å²) in [5, 5.41) is 7.80. The van der Waals surface area contributed by atoms with Gasteiger partial charge >= 0.3 is 0 Å². The van der Waals surface area contributed by atoms with Gasteiger partial charge in [-0.3, -0.25) is 4.68 Å². The van der Waals surface area contributed by atoms with Gasteiger partial charge in [-0.05, 0) is 30.3 Å². The number of fused-ring (bicyclic) bond motifs is 1. The highest BCUT2D eigenvalue weighted by molar-refractivity contribution is 5.59. The van der Waals surface area contributed by atoms with E-state index in [1.807, 2.05) is 18.5 Å². The predicted octanol–water partition coefficient (Wildman–Crippen LogP) is 2.82. The first-order valence-corrected chi connectivity index (χ1v) is 6.36. The summed E-state index contributed by atoms with van der Waals surface area (Å²) in [6.07, 6.45) is 0. The Hall–Kier alpha value is -1.68. The summed E-state index contributed by atoms with van der Waals surface area (Å²) < 4.78 is 14.8. The van der Waals surface area contributed by atoms with Crippen LogP contribution in [0.2, 0.25) is 0 Å². The van der Waals surface area contributed by atoms with Gasteiger partial charge in [0.2, 0.25) is 0 Å². The normalized spacial score (nSPS) is 13.5. The van der Waals surface area contributed by atoms with Crippen LogP contribution in [-0.4, -0.2) is 16.3 Å². The quantitative estimate of drug-likeness (QED) is 0.839. The summed E-state index contributed by atoms with van der Waals surface area (Å²) in [5.41, 5.74) is 3.06. The number of nitrogens with one attached hydrogen (secondary N) is 1. The second-order valence-electron chi connectivity index (χ2n) is 3.93. The Morgan fingerprint density at radius 2 is 1.94 bits per heavy atom. The summed E-state index contributed by atoms with van der Waals surface area (Å²) >= 11 is 0. The molecule has 0 saturated carbocycles. The molecule has 0 radical (unpaired) electrons. The van der Waals surface area contributed by atoms with E-state index in [-0.39, 0.29) is 5.82 Å². The molecule has 96 valence electrons. The van der Waals surface area contributed by atoms with Gasteiger partial charge in [0, 0.05) is 18.7 Å². The van der Waals surface area contributed by atoms with Crippen molar-refractivity contribution >= 4 is 0 Å². The molecular formula is C14H18FN3. The topological polar surface area (TPSA) is 29.9 Å². The minimum atomic E-state index is -0.214. The van der Waals surface area contributed by atoms with Gasteiger partial charge < -0.3 is 5.32 Å². The van der Waals surface area contributed by atoms with Crippen LogP contribution in [0.5, 0.6) is 0 Å². The molecule has 0 unspecified atom stereocenters. The van der Waals surface area contributed by atoms with Crippen molar-refractivity contribution < 1.29 is 4.39 Å². The van der Waals surface area contributed by atoms with Crippen LogP contribution in [-0.2, 0) is 13.1 Å². The molecule has 0 fully saturated rings. The SMILES string of the molecule is CC.Fc1ccc(-c2cc3n(n2)CCNC3)cc1. The molecule has 0 bridgehead atoms. The zero-order valence-corrected chi connectivity index (χ0v) is 10.8. The fourth-order valence-electron chi connectivity index (χ4n) is 1.95. The Morgan fingerprint density at radius 3 is 2.61 bits per heavy atom. The third-order valence-electron chi connectivity index (χ3n) is 2.81. The number of benzene rings is 1. The average Bonchev–Trinajstić information content (AvgIpc) is 2.85. The van der Waals surface area contributed by atoms with Crippen LogP contribution in [0.3, 0.4) is 0 Å². The van der Waals surface area contributed by atoms with Crippen molar-refractivity contribution in [3.8, 4) is 11.3 Å². The Bertz CT molecular complexity index is 479. The highest BCUT2D eigenvalue weighted by Gasteiger charge is 2.12. The molecule has 1 aromatic heterocycles. The number of rotatable bonds is 1. The second kappa shape index (κ2) is 5.78. The van der Waals surface area contributed by atoms with Crippen LogP contribution >= 0.6 is 0 Å². The average molecular weight is 247 g/mol. The largest absolute Gasteiger partial charge is 0.309 e. The van der Waals surface area contributed by atoms with Gasteiger partial charge in [0.15, 0.2) is 0 Å². The van der Waals surface area contributed by atoms with E-state index in [2.05, 4.69) is 16.5 Å². The lowest BCUT2D eigenvalue weighted by Gasteiger charge is -2.13. The summed E-state index contributed by atoms with van der Waals surface area (Å²) in [4.78, 5) is 0. The van der Waals surface area contributed by atoms with E-state index in [9.17, 15) is 4.39 Å². The number of hydrogen-bond donors (Lipinski definition) is 1. The molecule has 1 aromatic carbocycles. The van der Waals surface area contributed by atoms with Crippen LogP contribution in [0.15, 0.2) is 30.3 Å². The zero-order valence-electron chi connectivity index (χ0n) is 10.8. The van der Waals surface area contributed by atoms with E-state index in [0.29, 0.717) is 0 Å². The molecule has 0 aliphatic carbocycles. The first-order chi connectivity index (χ1) is 8.83. The molecule has 0 atom stereocenters. The molecule has 2 aromatic rings. The Labute approximate surface area is 107 Å². The van der Waals surface area contributed by atoms with Crippen molar-refractivity contribution in [2.45, 2.75) is 26.9 Å². The molecule has 1 aliphatic rings. The molecule has 3 rings (SSSR count). The lowest BCUT2D eigenvalue weighted by Crippen LogP contribution is -2.28. The van der Waals surface area contributed by atoms with E-state index < -0.39 is 0 Å². The Morgan fingerprint density at radius 1 is 1.22 bits per heavy atom. The van der Waals surface area contributed by atoms with Gasteiger partial charge in [0.05, 0.1) is 17.9 Å². The number of nitrogens with zero attached hydrogens (tertiary/aromatic N) is 2. The molecule has 2 heterocycles. The zero-order chi connectivity index (χ0) is 13.0. The second-order valence-corrected chi connectivity index (χ2v) is 3.93. The summed E-state index contributed by atoms with van der Waals surface area (Å²) in [6, 6.07) is 8.51. The Balaban J connectivity index is 0.000000574. The fraction of sp³-hybridized carbons (Fsp3) is 0.357. The van der Waals surface area contributed by atoms with E-state index in [0.717, 1.165) is 30.9 Å². The van der Waals surface area contributed by atoms with Gasteiger partial charge in [-0.1, -0.05) is 13.8 Å². The Kier molecular flexibility index (Phi) is 4.10. The fourth-order valence-corrected chi connectivity index (χ4v) is 1.95. The van der Waals surface area contributed by atoms with Gasteiger partial charge in [-0.15, -0.1) is 0 Å². The first kappa shape index (κ1) is 12.8. The monoisotopic (exact) mass is 247 g/mol. The maximum Gasteiger partial charge on any atom is 0.123 e. The maximum atomic E-state index is 12.8. The molecule has 0 spiro atoms. The van der Waals surface area contributed by atoms with E-state index in [4.69, 9.17) is 0 Å². The van der Waals surface area contributed by atoms with Crippen LogP contribution < -0.4 is 5.32 Å². The predicted molar refractivity (Wildman–Crippen MR) is 70.7 cm³/mol. The number of halogens is 1. The minimum Gasteiger partial charge on any atom is -0.309 e. The molecule has 3 nitrogen and oxygen atoms in total. The smallest absolute Gasteiger partial charge is 0.123 e. The van der Waals surface area contributed by atoms with Gasteiger partial charge in [0.25, 0.3) is 0 Å². The highest BCUT2D eigenvalue weighted by atomic mass is 19.1. The standard InChI is InChI=1S/C12H12FN3.C2H6/c13-10-3-1-9(2-4-10)12-7-11-8-14-5-6-16(11)15-12;1-2/h1-4,7,14H,5-6,8H2;1-2H3. The third kappa shape index (κ3) is 2.59. The lowest BCUT2D eigenvalue weighted by molar-refractivity contribution is 0.476. The van der Waals surface area contributed by atoms with E-state index in [1.54, 1.807) is 12.1 Å². The van der Waals surface area contributed by atoms with Crippen molar-refractivity contribution in [3.05, 3.63) is 41.8 Å².